The Morgan fingerprint density at radius 3 is 2.59 bits per heavy atom. The molecule has 1 aliphatic carbocycles. The maximum Gasteiger partial charge on any atom is 0.271 e. The lowest BCUT2D eigenvalue weighted by Crippen LogP contribution is -2.39. The summed E-state index contributed by atoms with van der Waals surface area (Å²) in [5.74, 6) is -0.742. The molecule has 1 saturated carbocycles. The second-order valence-electron chi connectivity index (χ2n) is 10.2. The molecule has 3 aromatic rings. The Hall–Kier alpha value is -4.20. The van der Waals surface area contributed by atoms with Gasteiger partial charge in [-0.2, -0.15) is 5.10 Å². The second kappa shape index (κ2) is 9.35. The van der Waals surface area contributed by atoms with Crippen LogP contribution in [0.1, 0.15) is 48.7 Å². The second-order valence-corrected chi connectivity index (χ2v) is 10.2. The largest absolute Gasteiger partial charge is 0.340 e. The van der Waals surface area contributed by atoms with Gasteiger partial charge in [0.15, 0.2) is 0 Å². The van der Waals surface area contributed by atoms with Gasteiger partial charge in [-0.3, -0.25) is 24.0 Å². The highest BCUT2D eigenvalue weighted by Gasteiger charge is 2.34. The van der Waals surface area contributed by atoms with E-state index in [-0.39, 0.29) is 35.8 Å². The van der Waals surface area contributed by atoms with Gasteiger partial charge in [-0.25, -0.2) is 0 Å². The molecule has 0 saturated heterocycles. The van der Waals surface area contributed by atoms with Gasteiger partial charge in [0.2, 0.25) is 0 Å². The number of amides is 3. The molecular formula is C29H31N5O3. The van der Waals surface area contributed by atoms with E-state index in [4.69, 9.17) is 0 Å². The molecule has 37 heavy (non-hydrogen) atoms. The summed E-state index contributed by atoms with van der Waals surface area (Å²) in [7, 11) is 1.69. The summed E-state index contributed by atoms with van der Waals surface area (Å²) in [4.78, 5) is 41.6. The van der Waals surface area contributed by atoms with Crippen molar-refractivity contribution in [1.29, 1.82) is 0 Å². The molecule has 0 atom stereocenters. The van der Waals surface area contributed by atoms with Gasteiger partial charge in [0.1, 0.15) is 5.70 Å². The lowest BCUT2D eigenvalue weighted by molar-refractivity contribution is -0.128. The van der Waals surface area contributed by atoms with Crippen LogP contribution in [0.2, 0.25) is 0 Å². The molecule has 0 unspecified atom stereocenters. The molecule has 0 bridgehead atoms. The zero-order chi connectivity index (χ0) is 26.4. The summed E-state index contributed by atoms with van der Waals surface area (Å²) in [5.41, 5.74) is 4.09. The van der Waals surface area contributed by atoms with Gasteiger partial charge in [-0.1, -0.05) is 31.4 Å². The van der Waals surface area contributed by atoms with E-state index < -0.39 is 5.91 Å². The number of rotatable bonds is 8. The smallest absolute Gasteiger partial charge is 0.271 e. The first-order valence-corrected chi connectivity index (χ1v) is 12.5. The summed E-state index contributed by atoms with van der Waals surface area (Å²) < 4.78 is 1.93. The molecule has 5 rings (SSSR count). The van der Waals surface area contributed by atoms with Gasteiger partial charge in [0.05, 0.1) is 17.8 Å². The average molecular weight is 498 g/mol. The van der Waals surface area contributed by atoms with E-state index in [9.17, 15) is 14.4 Å². The van der Waals surface area contributed by atoms with Gasteiger partial charge < -0.3 is 10.2 Å². The van der Waals surface area contributed by atoms with E-state index in [0.29, 0.717) is 18.0 Å². The van der Waals surface area contributed by atoms with Crippen LogP contribution in [0.15, 0.2) is 67.1 Å². The van der Waals surface area contributed by atoms with E-state index >= 15 is 0 Å². The summed E-state index contributed by atoms with van der Waals surface area (Å²) in [6.45, 7) is 12.6. The Balaban J connectivity index is 1.33. The Bertz CT molecular complexity index is 1460. The molecule has 8 heteroatoms. The number of nitrogens with zero attached hydrogens (tertiary/aromatic N) is 4. The molecule has 0 radical (unpaired) electrons. The molecule has 8 nitrogen and oxygen atoms in total. The van der Waals surface area contributed by atoms with Crippen molar-refractivity contribution in [3.63, 3.8) is 0 Å². The maximum atomic E-state index is 13.2. The van der Waals surface area contributed by atoms with Crippen molar-refractivity contribution in [3.8, 4) is 11.1 Å². The molecule has 1 aromatic heterocycles. The zero-order valence-electron chi connectivity index (χ0n) is 21.5. The van der Waals surface area contributed by atoms with Crippen molar-refractivity contribution in [1.82, 2.24) is 24.9 Å². The summed E-state index contributed by atoms with van der Waals surface area (Å²) in [6, 6.07) is 11.9. The first-order valence-electron chi connectivity index (χ1n) is 12.5. The quantitative estimate of drug-likeness (QED) is 0.472. The van der Waals surface area contributed by atoms with Crippen LogP contribution in [0.3, 0.4) is 0 Å². The lowest BCUT2D eigenvalue weighted by atomic mass is 9.96. The highest BCUT2D eigenvalue weighted by molar-refractivity contribution is 6.08. The fourth-order valence-corrected chi connectivity index (χ4v) is 4.68. The number of hydrogen-bond donors (Lipinski definition) is 1. The topological polar surface area (TPSA) is 87.5 Å². The van der Waals surface area contributed by atoms with Crippen LogP contribution in [-0.4, -0.2) is 50.9 Å². The molecule has 2 aliphatic rings. The predicted octanol–water partition coefficient (Wildman–Crippen LogP) is 4.25. The maximum absolute atomic E-state index is 13.2. The fraction of sp³-hybridized carbons (Fsp3) is 0.310. The van der Waals surface area contributed by atoms with E-state index in [0.717, 1.165) is 40.4 Å². The molecule has 2 aromatic carbocycles. The Kier molecular flexibility index (Phi) is 6.19. The number of benzene rings is 2. The molecule has 0 spiro atoms. The number of carbonyl (C=O) groups excluding carboxylic acids is 3. The van der Waals surface area contributed by atoms with Gasteiger partial charge in [-0.05, 0) is 67.5 Å². The van der Waals surface area contributed by atoms with Crippen molar-refractivity contribution in [2.45, 2.75) is 39.3 Å². The minimum atomic E-state index is -0.622. The van der Waals surface area contributed by atoms with Gasteiger partial charge in [0, 0.05) is 36.8 Å². The number of nitrogens with one attached hydrogen (secondary N) is 1. The molecule has 190 valence electrons. The normalized spacial score (nSPS) is 14.7. The van der Waals surface area contributed by atoms with Crippen LogP contribution in [0.5, 0.6) is 0 Å². The van der Waals surface area contributed by atoms with E-state index in [1.807, 2.05) is 35.1 Å². The minimum absolute atomic E-state index is 0.0281. The summed E-state index contributed by atoms with van der Waals surface area (Å²) in [6.07, 6.45) is 4.25. The van der Waals surface area contributed by atoms with Crippen molar-refractivity contribution in [2.24, 2.45) is 5.92 Å². The molecule has 1 aliphatic heterocycles. The molecule has 1 fully saturated rings. The third-order valence-electron chi connectivity index (χ3n) is 7.02. The average Bonchev–Trinajstić information content (AvgIpc) is 3.48. The molecule has 3 amide bonds. The SMILES string of the molecule is C=C(NC(=O)C(=C)N1Cc2c(cccc2-c2ccc3nn(C(C)C)cc3c2)C1=O)C(=O)N(C)CC1CC1. The minimum Gasteiger partial charge on any atom is -0.340 e. The van der Waals surface area contributed by atoms with Crippen molar-refractivity contribution in [3.05, 3.63) is 78.3 Å². The van der Waals surface area contributed by atoms with Gasteiger partial charge >= 0.3 is 0 Å². The number of carbonyl (C=O) groups is 3. The monoisotopic (exact) mass is 497 g/mol. The first-order chi connectivity index (χ1) is 17.6. The zero-order valence-corrected chi connectivity index (χ0v) is 21.5. The lowest BCUT2D eigenvalue weighted by Gasteiger charge is -2.21. The summed E-state index contributed by atoms with van der Waals surface area (Å²) >= 11 is 0. The number of hydrogen-bond acceptors (Lipinski definition) is 4. The third-order valence-corrected chi connectivity index (χ3v) is 7.02. The predicted molar refractivity (Wildman–Crippen MR) is 142 cm³/mol. The van der Waals surface area contributed by atoms with Gasteiger partial charge in [-0.15, -0.1) is 0 Å². The number of fused-ring (bicyclic) bond motifs is 2. The Morgan fingerprint density at radius 1 is 1.16 bits per heavy atom. The number of aromatic nitrogens is 2. The third kappa shape index (κ3) is 4.67. The van der Waals surface area contributed by atoms with E-state index in [2.05, 4.69) is 43.5 Å². The van der Waals surface area contributed by atoms with Crippen LogP contribution < -0.4 is 5.32 Å². The highest BCUT2D eigenvalue weighted by Crippen LogP contribution is 2.35. The van der Waals surface area contributed by atoms with Crippen LogP contribution in [0, 0.1) is 5.92 Å². The van der Waals surface area contributed by atoms with Crippen LogP contribution in [0.4, 0.5) is 0 Å². The molecule has 1 N–H and O–H groups in total. The van der Waals surface area contributed by atoms with Crippen LogP contribution >= 0.6 is 0 Å². The van der Waals surface area contributed by atoms with Crippen LogP contribution in [-0.2, 0) is 16.1 Å². The van der Waals surface area contributed by atoms with E-state index in [1.54, 1.807) is 18.0 Å². The standard InChI is InChI=1S/C29H31N5O3/c1-17(2)34-15-22-13-21(11-12-26(22)31-34)23-7-6-8-24-25(23)16-33(29(24)37)19(4)27(35)30-18(3)28(36)32(5)14-20-9-10-20/h6-8,11-13,15,17,20H,3-4,9-10,14,16H2,1-2,5H3,(H,30,35). The van der Waals surface area contributed by atoms with E-state index in [1.165, 1.54) is 4.90 Å². The Labute approximate surface area is 216 Å². The fourth-order valence-electron chi connectivity index (χ4n) is 4.68. The number of likely N-dealkylation sites (N-methyl/N-ethyl adjacent to an activating group) is 1. The van der Waals surface area contributed by atoms with Crippen molar-refractivity contribution in [2.75, 3.05) is 13.6 Å². The summed E-state index contributed by atoms with van der Waals surface area (Å²) in [5, 5.41) is 8.16. The van der Waals surface area contributed by atoms with Crippen LogP contribution in [0.25, 0.3) is 22.0 Å². The molecule has 2 heterocycles. The Morgan fingerprint density at radius 2 is 1.89 bits per heavy atom. The first kappa shape index (κ1) is 24.5. The van der Waals surface area contributed by atoms with Gasteiger partial charge in [0.25, 0.3) is 17.7 Å². The molecular weight excluding hydrogens is 466 g/mol. The van der Waals surface area contributed by atoms with Crippen molar-refractivity contribution < 1.29 is 14.4 Å². The highest BCUT2D eigenvalue weighted by atomic mass is 16.2. The van der Waals surface area contributed by atoms with Crippen molar-refractivity contribution >= 4 is 28.6 Å².